The summed E-state index contributed by atoms with van der Waals surface area (Å²) in [4.78, 5) is 28.1. The number of nitrogens with one attached hydrogen (secondary N) is 1. The average molecular weight is 345 g/mol. The summed E-state index contributed by atoms with van der Waals surface area (Å²) in [6.45, 7) is 0. The number of H-pyrrole nitrogens is 1. The average Bonchev–Trinajstić information content (AvgIpc) is 3.11. The Morgan fingerprint density at radius 1 is 1.12 bits per heavy atom. The summed E-state index contributed by atoms with van der Waals surface area (Å²) in [5, 5.41) is 0. The van der Waals surface area contributed by atoms with E-state index in [4.69, 9.17) is 10.5 Å². The lowest BCUT2D eigenvalue weighted by atomic mass is 10.0. The van der Waals surface area contributed by atoms with Crippen LogP contribution in [0.2, 0.25) is 0 Å². The van der Waals surface area contributed by atoms with Crippen molar-refractivity contribution in [1.82, 2.24) is 19.9 Å². The number of rotatable bonds is 4. The molecule has 0 aliphatic heterocycles. The Morgan fingerprint density at radius 2 is 1.96 bits per heavy atom. The van der Waals surface area contributed by atoms with Gasteiger partial charge in [-0.1, -0.05) is 12.1 Å². The minimum Gasteiger partial charge on any atom is -0.497 e. The molecule has 0 spiro atoms. The fourth-order valence-electron chi connectivity index (χ4n) is 2.78. The molecular formula is C19H15N5O2. The zero-order chi connectivity index (χ0) is 18.1. The quantitative estimate of drug-likeness (QED) is 0.591. The van der Waals surface area contributed by atoms with E-state index >= 15 is 0 Å². The number of aromatic nitrogens is 4. The Labute approximate surface area is 148 Å². The van der Waals surface area contributed by atoms with Gasteiger partial charge in [-0.2, -0.15) is 0 Å². The van der Waals surface area contributed by atoms with Gasteiger partial charge in [-0.25, -0.2) is 9.97 Å². The Balaban J connectivity index is 1.91. The molecule has 3 heterocycles. The number of amides is 1. The minimum absolute atomic E-state index is 0.162. The van der Waals surface area contributed by atoms with E-state index in [-0.39, 0.29) is 5.69 Å². The maximum atomic E-state index is 12.0. The summed E-state index contributed by atoms with van der Waals surface area (Å²) in [7, 11) is 1.59. The molecule has 0 bridgehead atoms. The third kappa shape index (κ3) is 2.75. The number of primary amides is 1. The number of methoxy groups -OCH3 is 1. The van der Waals surface area contributed by atoms with Gasteiger partial charge >= 0.3 is 0 Å². The first-order valence-corrected chi connectivity index (χ1v) is 7.91. The van der Waals surface area contributed by atoms with Gasteiger partial charge in [0.1, 0.15) is 17.3 Å². The Kier molecular flexibility index (Phi) is 3.81. The number of hydrogen-bond donors (Lipinski definition) is 2. The molecular weight excluding hydrogens is 330 g/mol. The topological polar surface area (TPSA) is 107 Å². The minimum atomic E-state index is -0.615. The highest BCUT2D eigenvalue weighted by atomic mass is 16.5. The predicted molar refractivity (Wildman–Crippen MR) is 97.6 cm³/mol. The fourth-order valence-corrected chi connectivity index (χ4v) is 2.78. The maximum Gasteiger partial charge on any atom is 0.268 e. The molecule has 1 aromatic carbocycles. The van der Waals surface area contributed by atoms with Crippen molar-refractivity contribution in [2.24, 2.45) is 5.73 Å². The van der Waals surface area contributed by atoms with E-state index < -0.39 is 5.91 Å². The van der Waals surface area contributed by atoms with E-state index in [1.54, 1.807) is 19.5 Å². The van der Waals surface area contributed by atoms with Gasteiger partial charge in [0.15, 0.2) is 5.65 Å². The molecule has 0 aliphatic rings. The number of aromatic amines is 1. The van der Waals surface area contributed by atoms with E-state index in [9.17, 15) is 4.79 Å². The van der Waals surface area contributed by atoms with Crippen molar-refractivity contribution in [3.8, 4) is 28.3 Å². The molecule has 1 amide bonds. The second-order valence-corrected chi connectivity index (χ2v) is 5.68. The van der Waals surface area contributed by atoms with Crippen LogP contribution in [-0.2, 0) is 0 Å². The summed E-state index contributed by atoms with van der Waals surface area (Å²) in [5.41, 5.74) is 9.06. The number of nitrogens with two attached hydrogens (primary N) is 1. The molecule has 0 aliphatic carbocycles. The van der Waals surface area contributed by atoms with Crippen molar-refractivity contribution >= 4 is 17.1 Å². The van der Waals surface area contributed by atoms with Crippen molar-refractivity contribution in [3.63, 3.8) is 0 Å². The number of hydrogen-bond acceptors (Lipinski definition) is 5. The SMILES string of the molecule is COc1cccc(-c2cc3[nH]c(-c4cccnc4)nc3nc2C(N)=O)c1. The van der Waals surface area contributed by atoms with Gasteiger partial charge in [0.25, 0.3) is 5.91 Å². The number of fused-ring (bicyclic) bond motifs is 1. The zero-order valence-corrected chi connectivity index (χ0v) is 13.9. The van der Waals surface area contributed by atoms with Crippen LogP contribution in [0.4, 0.5) is 0 Å². The first-order valence-electron chi connectivity index (χ1n) is 7.91. The zero-order valence-electron chi connectivity index (χ0n) is 13.9. The lowest BCUT2D eigenvalue weighted by Crippen LogP contribution is -2.14. The lowest BCUT2D eigenvalue weighted by molar-refractivity contribution is 0.0996. The predicted octanol–water partition coefficient (Wildman–Crippen LogP) is 2.79. The Morgan fingerprint density at radius 3 is 2.69 bits per heavy atom. The van der Waals surface area contributed by atoms with Gasteiger partial charge in [-0.15, -0.1) is 0 Å². The van der Waals surface area contributed by atoms with E-state index in [1.165, 1.54) is 0 Å². The number of imidazole rings is 1. The molecule has 0 fully saturated rings. The van der Waals surface area contributed by atoms with Crippen molar-refractivity contribution < 1.29 is 9.53 Å². The summed E-state index contributed by atoms with van der Waals surface area (Å²) in [5.74, 6) is 0.688. The van der Waals surface area contributed by atoms with Crippen LogP contribution in [-0.4, -0.2) is 33.0 Å². The molecule has 128 valence electrons. The lowest BCUT2D eigenvalue weighted by Gasteiger charge is -2.08. The largest absolute Gasteiger partial charge is 0.497 e. The van der Waals surface area contributed by atoms with Gasteiger partial charge in [-0.3, -0.25) is 9.78 Å². The van der Waals surface area contributed by atoms with Gasteiger partial charge in [0, 0.05) is 23.5 Å². The van der Waals surface area contributed by atoms with Gasteiger partial charge in [0.2, 0.25) is 0 Å². The van der Waals surface area contributed by atoms with E-state index in [0.29, 0.717) is 28.3 Å². The van der Waals surface area contributed by atoms with Gasteiger partial charge in [-0.05, 0) is 35.9 Å². The highest BCUT2D eigenvalue weighted by Crippen LogP contribution is 2.29. The summed E-state index contributed by atoms with van der Waals surface area (Å²) < 4.78 is 5.26. The van der Waals surface area contributed by atoms with E-state index in [0.717, 1.165) is 11.1 Å². The molecule has 0 atom stereocenters. The second-order valence-electron chi connectivity index (χ2n) is 5.68. The number of benzene rings is 1. The number of carbonyl (C=O) groups is 1. The normalized spacial score (nSPS) is 10.8. The molecule has 0 saturated heterocycles. The van der Waals surface area contributed by atoms with Crippen LogP contribution in [0.3, 0.4) is 0 Å². The number of carbonyl (C=O) groups excluding carboxylic acids is 1. The maximum absolute atomic E-state index is 12.0. The first-order chi connectivity index (χ1) is 12.7. The summed E-state index contributed by atoms with van der Waals surface area (Å²) in [6, 6.07) is 12.9. The van der Waals surface area contributed by atoms with Crippen molar-refractivity contribution in [3.05, 3.63) is 60.6 Å². The van der Waals surface area contributed by atoms with Crippen molar-refractivity contribution in [1.29, 1.82) is 0 Å². The van der Waals surface area contributed by atoms with Gasteiger partial charge in [0.05, 0.1) is 12.6 Å². The van der Waals surface area contributed by atoms with E-state index in [2.05, 4.69) is 19.9 Å². The highest BCUT2D eigenvalue weighted by Gasteiger charge is 2.17. The summed E-state index contributed by atoms with van der Waals surface area (Å²) >= 11 is 0. The monoisotopic (exact) mass is 345 g/mol. The highest BCUT2D eigenvalue weighted by molar-refractivity contribution is 6.00. The van der Waals surface area contributed by atoms with Crippen LogP contribution >= 0.6 is 0 Å². The van der Waals surface area contributed by atoms with Crippen LogP contribution in [0.1, 0.15) is 10.5 Å². The molecule has 7 heteroatoms. The third-order valence-corrected chi connectivity index (χ3v) is 4.02. The van der Waals surface area contributed by atoms with Crippen LogP contribution in [0, 0.1) is 0 Å². The van der Waals surface area contributed by atoms with Crippen LogP contribution < -0.4 is 10.5 Å². The second kappa shape index (κ2) is 6.29. The van der Waals surface area contributed by atoms with Crippen LogP contribution in [0.15, 0.2) is 54.9 Å². The van der Waals surface area contributed by atoms with Crippen molar-refractivity contribution in [2.75, 3.05) is 7.11 Å². The van der Waals surface area contributed by atoms with E-state index in [1.807, 2.05) is 42.5 Å². The fraction of sp³-hybridized carbons (Fsp3) is 0.0526. The molecule has 26 heavy (non-hydrogen) atoms. The standard InChI is InChI=1S/C19H15N5O2/c1-26-13-6-2-4-11(8-13)14-9-15-19(23-16(14)17(20)25)24-18(22-15)12-5-3-7-21-10-12/h2-10H,1H3,(H2,20,25)(H,22,23,24). The Hall–Kier alpha value is -3.74. The molecule has 3 N–H and O–H groups in total. The number of ether oxygens (including phenoxy) is 1. The number of pyridine rings is 2. The molecule has 4 rings (SSSR count). The molecule has 0 unspecified atom stereocenters. The molecule has 4 aromatic rings. The molecule has 0 saturated carbocycles. The smallest absolute Gasteiger partial charge is 0.268 e. The van der Waals surface area contributed by atoms with Crippen molar-refractivity contribution in [2.45, 2.75) is 0 Å². The van der Waals surface area contributed by atoms with Gasteiger partial charge < -0.3 is 15.5 Å². The Bertz CT molecular complexity index is 1110. The van der Waals surface area contributed by atoms with Crippen LogP contribution in [0.5, 0.6) is 5.75 Å². The molecule has 7 nitrogen and oxygen atoms in total. The third-order valence-electron chi connectivity index (χ3n) is 4.02. The molecule has 0 radical (unpaired) electrons. The molecule has 3 aromatic heterocycles. The summed E-state index contributed by atoms with van der Waals surface area (Å²) in [6.07, 6.45) is 3.40. The first kappa shape index (κ1) is 15.8. The number of nitrogens with zero attached hydrogens (tertiary/aromatic N) is 3. The van der Waals surface area contributed by atoms with Crippen LogP contribution in [0.25, 0.3) is 33.7 Å².